The molecule has 200 valence electrons. The van der Waals surface area contributed by atoms with Crippen molar-refractivity contribution in [2.45, 2.75) is 39.3 Å². The predicted molar refractivity (Wildman–Crippen MR) is 151 cm³/mol. The van der Waals surface area contributed by atoms with Crippen molar-refractivity contribution in [1.29, 1.82) is 0 Å². The second-order valence-corrected chi connectivity index (χ2v) is 10.6. The number of benzene rings is 1. The number of nitrogens with zero attached hydrogens (tertiary/aromatic N) is 5. The lowest BCUT2D eigenvalue weighted by Gasteiger charge is -2.39. The molecule has 0 aliphatic carbocycles. The first-order valence-electron chi connectivity index (χ1n) is 12.7. The smallest absolute Gasteiger partial charge is 0.250 e. The Morgan fingerprint density at radius 2 is 1.90 bits per heavy atom. The molecule has 1 aliphatic rings. The lowest BCUT2D eigenvalue weighted by atomic mass is 9.90. The van der Waals surface area contributed by atoms with Gasteiger partial charge in [-0.15, -0.1) is 0 Å². The molecule has 4 aromatic rings. The van der Waals surface area contributed by atoms with Crippen LogP contribution in [-0.2, 0) is 16.1 Å². The maximum Gasteiger partial charge on any atom is 0.250 e. The van der Waals surface area contributed by atoms with Crippen LogP contribution in [-0.4, -0.2) is 54.7 Å². The molecule has 1 saturated heterocycles. The number of hydrogen-bond donors (Lipinski definition) is 2. The number of aromatic nitrogens is 4. The highest BCUT2D eigenvalue weighted by atomic mass is 79.9. The molecule has 4 heterocycles. The van der Waals surface area contributed by atoms with Gasteiger partial charge in [0.1, 0.15) is 28.8 Å². The summed E-state index contributed by atoms with van der Waals surface area (Å²) >= 11 is 3.32. The third kappa shape index (κ3) is 5.53. The Kier molecular flexibility index (Phi) is 7.42. The molecule has 0 bridgehead atoms. The van der Waals surface area contributed by atoms with Gasteiger partial charge >= 0.3 is 0 Å². The number of hydrogen-bond acceptors (Lipinski definition) is 6. The average molecular weight is 590 g/mol. The first-order chi connectivity index (χ1) is 18.7. The number of primary amides is 1. The third-order valence-corrected chi connectivity index (χ3v) is 7.50. The lowest BCUT2D eigenvalue weighted by Crippen LogP contribution is -2.54. The highest BCUT2D eigenvalue weighted by Gasteiger charge is 2.37. The second-order valence-electron chi connectivity index (χ2n) is 9.77. The quantitative estimate of drug-likeness (QED) is 0.327. The van der Waals surface area contributed by atoms with E-state index in [4.69, 9.17) is 5.73 Å². The van der Waals surface area contributed by atoms with E-state index in [0.29, 0.717) is 39.3 Å². The van der Waals surface area contributed by atoms with E-state index < -0.39 is 11.9 Å². The fraction of sp³-hybridized carbons (Fsp3) is 0.286. The van der Waals surface area contributed by atoms with E-state index in [1.807, 2.05) is 32.0 Å². The number of piperidine rings is 1. The SMILES string of the molecule is Cc1ncc(-c2ccc3c(c2)c(C(N)=O)cn3CC(=O)N2CCCC(C)[C@H]2C(=O)Nc2cccc(Br)n2)cn1. The highest BCUT2D eigenvalue weighted by Crippen LogP contribution is 2.29. The summed E-state index contributed by atoms with van der Waals surface area (Å²) in [4.78, 5) is 53.7. The van der Waals surface area contributed by atoms with Crippen LogP contribution in [0.1, 0.15) is 35.9 Å². The van der Waals surface area contributed by atoms with Crippen molar-refractivity contribution in [1.82, 2.24) is 24.4 Å². The van der Waals surface area contributed by atoms with E-state index in [1.165, 1.54) is 0 Å². The van der Waals surface area contributed by atoms with E-state index in [1.54, 1.807) is 46.3 Å². The summed E-state index contributed by atoms with van der Waals surface area (Å²) in [6.07, 6.45) is 6.68. The summed E-state index contributed by atoms with van der Waals surface area (Å²) in [6, 6.07) is 10.2. The van der Waals surface area contributed by atoms with E-state index in [2.05, 4.69) is 36.2 Å². The van der Waals surface area contributed by atoms with Crippen LogP contribution in [0.4, 0.5) is 5.82 Å². The van der Waals surface area contributed by atoms with Crippen molar-refractivity contribution in [3.63, 3.8) is 0 Å². The summed E-state index contributed by atoms with van der Waals surface area (Å²) in [5.41, 5.74) is 8.35. The summed E-state index contributed by atoms with van der Waals surface area (Å²) in [5, 5.41) is 3.49. The molecule has 39 heavy (non-hydrogen) atoms. The number of likely N-dealkylation sites (tertiary alicyclic amines) is 1. The number of carbonyl (C=O) groups is 3. The Bertz CT molecular complexity index is 1570. The first kappa shape index (κ1) is 26.5. The Morgan fingerprint density at radius 1 is 1.13 bits per heavy atom. The zero-order valence-electron chi connectivity index (χ0n) is 21.6. The average Bonchev–Trinajstić information content (AvgIpc) is 3.26. The lowest BCUT2D eigenvalue weighted by molar-refractivity contribution is -0.142. The van der Waals surface area contributed by atoms with Gasteiger partial charge in [-0.25, -0.2) is 15.0 Å². The molecular formula is C28H28BrN7O3. The van der Waals surface area contributed by atoms with Gasteiger partial charge in [0.15, 0.2) is 0 Å². The summed E-state index contributed by atoms with van der Waals surface area (Å²) in [5.74, 6) is -0.0363. The van der Waals surface area contributed by atoms with Crippen molar-refractivity contribution >= 4 is 50.4 Å². The number of pyridine rings is 1. The number of rotatable bonds is 6. The van der Waals surface area contributed by atoms with Crippen LogP contribution >= 0.6 is 15.9 Å². The normalized spacial score (nSPS) is 17.3. The molecule has 3 N–H and O–H groups in total. The molecule has 3 amide bonds. The fourth-order valence-electron chi connectivity index (χ4n) is 5.13. The van der Waals surface area contributed by atoms with Gasteiger partial charge in [0.05, 0.1) is 5.56 Å². The number of anilines is 1. The predicted octanol–water partition coefficient (Wildman–Crippen LogP) is 3.93. The van der Waals surface area contributed by atoms with E-state index in [0.717, 1.165) is 24.0 Å². The van der Waals surface area contributed by atoms with Gasteiger partial charge in [-0.05, 0) is 71.4 Å². The molecule has 10 nitrogen and oxygen atoms in total. The molecule has 3 aromatic heterocycles. The number of aryl methyl sites for hydroxylation is 1. The molecule has 2 atom stereocenters. The zero-order chi connectivity index (χ0) is 27.7. The van der Waals surface area contributed by atoms with E-state index in [-0.39, 0.29) is 24.3 Å². The molecule has 0 saturated carbocycles. The van der Waals surface area contributed by atoms with Gasteiger partial charge in [-0.2, -0.15) is 0 Å². The molecule has 1 aliphatic heterocycles. The van der Waals surface area contributed by atoms with E-state index in [9.17, 15) is 14.4 Å². The molecule has 0 spiro atoms. The Balaban J connectivity index is 1.43. The van der Waals surface area contributed by atoms with Gasteiger partial charge in [0, 0.05) is 41.6 Å². The fourth-order valence-corrected chi connectivity index (χ4v) is 5.47. The van der Waals surface area contributed by atoms with E-state index >= 15 is 0 Å². The van der Waals surface area contributed by atoms with Gasteiger partial charge in [0.2, 0.25) is 11.8 Å². The monoisotopic (exact) mass is 589 g/mol. The van der Waals surface area contributed by atoms with Gasteiger partial charge in [0.25, 0.3) is 5.91 Å². The third-order valence-electron chi connectivity index (χ3n) is 7.06. The van der Waals surface area contributed by atoms with Crippen LogP contribution in [0.15, 0.2) is 59.6 Å². The second kappa shape index (κ2) is 10.9. The first-order valence-corrected chi connectivity index (χ1v) is 13.4. The Morgan fingerprint density at radius 3 is 2.62 bits per heavy atom. The Hall–Kier alpha value is -4.12. The molecule has 0 radical (unpaired) electrons. The van der Waals surface area contributed by atoms with Crippen LogP contribution in [0.3, 0.4) is 0 Å². The number of halogens is 1. The number of fused-ring (bicyclic) bond motifs is 1. The van der Waals surface area contributed by atoms with Crippen molar-refractivity contribution in [2.24, 2.45) is 11.7 Å². The Labute approximate surface area is 233 Å². The molecule has 11 heteroatoms. The maximum atomic E-state index is 13.6. The van der Waals surface area contributed by atoms with Crippen LogP contribution < -0.4 is 11.1 Å². The van der Waals surface area contributed by atoms with Crippen LogP contribution in [0.2, 0.25) is 0 Å². The summed E-state index contributed by atoms with van der Waals surface area (Å²) < 4.78 is 2.32. The van der Waals surface area contributed by atoms with Gasteiger partial charge < -0.3 is 20.5 Å². The van der Waals surface area contributed by atoms with Crippen LogP contribution in [0.25, 0.3) is 22.0 Å². The standard InChI is InChI=1S/C28H28BrN7O3/c1-16-5-4-10-36(26(16)28(39)34-24-7-3-6-23(29)33-24)25(37)15-35-14-21(27(30)38)20-11-18(8-9-22(20)35)19-12-31-17(2)32-13-19/h3,6-9,11-14,16,26H,4-5,10,15H2,1-2H3,(H2,30,38)(H,33,34,39)/t16?,26-/m0/s1. The minimum atomic E-state index is -0.641. The molecule has 1 aromatic carbocycles. The van der Waals surface area contributed by atoms with Crippen molar-refractivity contribution < 1.29 is 14.4 Å². The van der Waals surface area contributed by atoms with Crippen LogP contribution in [0, 0.1) is 12.8 Å². The molecule has 1 fully saturated rings. The number of amides is 3. The minimum absolute atomic E-state index is 0.0308. The molecule has 5 rings (SSSR count). The van der Waals surface area contributed by atoms with Crippen molar-refractivity contribution in [2.75, 3.05) is 11.9 Å². The molecule has 1 unspecified atom stereocenters. The maximum absolute atomic E-state index is 13.6. The van der Waals surface area contributed by atoms with Gasteiger partial charge in [-0.3, -0.25) is 14.4 Å². The van der Waals surface area contributed by atoms with Crippen LogP contribution in [0.5, 0.6) is 0 Å². The minimum Gasteiger partial charge on any atom is -0.366 e. The number of nitrogens with one attached hydrogen (secondary N) is 1. The number of carbonyl (C=O) groups excluding carboxylic acids is 3. The van der Waals surface area contributed by atoms with Gasteiger partial charge in [-0.1, -0.05) is 19.1 Å². The topological polar surface area (TPSA) is 136 Å². The highest BCUT2D eigenvalue weighted by molar-refractivity contribution is 9.10. The van der Waals surface area contributed by atoms with Crippen molar-refractivity contribution in [3.05, 3.63) is 71.0 Å². The van der Waals surface area contributed by atoms with Crippen molar-refractivity contribution in [3.8, 4) is 11.1 Å². The largest absolute Gasteiger partial charge is 0.366 e. The summed E-state index contributed by atoms with van der Waals surface area (Å²) in [7, 11) is 0. The summed E-state index contributed by atoms with van der Waals surface area (Å²) in [6.45, 7) is 4.21. The number of nitrogens with two attached hydrogens (primary N) is 1. The molecular weight excluding hydrogens is 562 g/mol. The zero-order valence-corrected chi connectivity index (χ0v) is 23.2.